The van der Waals surface area contributed by atoms with E-state index in [2.05, 4.69) is 0 Å². The first-order chi connectivity index (χ1) is 10.6. The van der Waals surface area contributed by atoms with Gasteiger partial charge in [0.15, 0.2) is 0 Å². The molecule has 0 saturated carbocycles. The minimum Gasteiger partial charge on any atom is -0.393 e. The van der Waals surface area contributed by atoms with Crippen LogP contribution in [-0.4, -0.2) is 22.4 Å². The predicted molar refractivity (Wildman–Crippen MR) is 97.2 cm³/mol. The molecule has 2 heteroatoms. The van der Waals surface area contributed by atoms with Crippen molar-refractivity contribution in [3.05, 3.63) is 0 Å². The van der Waals surface area contributed by atoms with Crippen molar-refractivity contribution in [2.75, 3.05) is 0 Å². The highest BCUT2D eigenvalue weighted by molar-refractivity contribution is 4.52. The summed E-state index contributed by atoms with van der Waals surface area (Å²) in [6.07, 6.45) is 20.6. The molecule has 2 atom stereocenters. The lowest BCUT2D eigenvalue weighted by Crippen LogP contribution is -1.98. The van der Waals surface area contributed by atoms with Gasteiger partial charge in [-0.25, -0.2) is 0 Å². The minimum atomic E-state index is -0.113. The third kappa shape index (κ3) is 19.9. The van der Waals surface area contributed by atoms with Gasteiger partial charge in [0.1, 0.15) is 0 Å². The monoisotopic (exact) mass is 314 g/mol. The second-order valence-corrected chi connectivity index (χ2v) is 7.23. The van der Waals surface area contributed by atoms with Gasteiger partial charge in [-0.2, -0.15) is 0 Å². The first-order valence-corrected chi connectivity index (χ1v) is 9.99. The van der Waals surface area contributed by atoms with Crippen LogP contribution in [0.3, 0.4) is 0 Å². The van der Waals surface area contributed by atoms with E-state index in [1.807, 2.05) is 13.8 Å². The van der Waals surface area contributed by atoms with Crippen molar-refractivity contribution >= 4 is 0 Å². The van der Waals surface area contributed by atoms with Gasteiger partial charge in [0.25, 0.3) is 0 Å². The lowest BCUT2D eigenvalue weighted by Gasteiger charge is -2.05. The fourth-order valence-corrected chi connectivity index (χ4v) is 3.00. The number of rotatable bonds is 17. The molecule has 134 valence electrons. The standard InChI is InChI=1S/C20H42O2/c1-19(21)17-15-13-11-9-7-5-3-4-6-8-10-12-14-16-18-20(2)22/h19-22H,3-18H2,1-2H3. The van der Waals surface area contributed by atoms with E-state index >= 15 is 0 Å². The third-order valence-electron chi connectivity index (χ3n) is 4.49. The SMILES string of the molecule is CC(O)CCCCCCCCCCCCCCCCC(C)O. The van der Waals surface area contributed by atoms with Gasteiger partial charge in [-0.3, -0.25) is 0 Å². The second-order valence-electron chi connectivity index (χ2n) is 7.23. The van der Waals surface area contributed by atoms with E-state index < -0.39 is 0 Å². The van der Waals surface area contributed by atoms with Crippen LogP contribution in [0.1, 0.15) is 117 Å². The molecule has 0 bridgehead atoms. The Morgan fingerprint density at radius 2 is 0.591 bits per heavy atom. The average Bonchev–Trinajstić information content (AvgIpc) is 2.46. The molecule has 0 aliphatic heterocycles. The molecule has 0 aromatic carbocycles. The highest BCUT2D eigenvalue weighted by atomic mass is 16.3. The molecule has 0 spiro atoms. The molecule has 0 aromatic rings. The summed E-state index contributed by atoms with van der Waals surface area (Å²) >= 11 is 0. The van der Waals surface area contributed by atoms with Crippen LogP contribution in [-0.2, 0) is 0 Å². The summed E-state index contributed by atoms with van der Waals surface area (Å²) in [5.74, 6) is 0. The van der Waals surface area contributed by atoms with Crippen molar-refractivity contribution in [1.82, 2.24) is 0 Å². The number of aliphatic hydroxyl groups excluding tert-OH is 2. The fraction of sp³-hybridized carbons (Fsp3) is 1.00. The maximum atomic E-state index is 9.17. The van der Waals surface area contributed by atoms with Crippen LogP contribution < -0.4 is 0 Å². The summed E-state index contributed by atoms with van der Waals surface area (Å²) < 4.78 is 0. The van der Waals surface area contributed by atoms with Crippen molar-refractivity contribution in [3.8, 4) is 0 Å². The van der Waals surface area contributed by atoms with Gasteiger partial charge in [-0.15, -0.1) is 0 Å². The maximum Gasteiger partial charge on any atom is 0.0512 e. The van der Waals surface area contributed by atoms with Crippen molar-refractivity contribution in [2.24, 2.45) is 0 Å². The van der Waals surface area contributed by atoms with Crippen molar-refractivity contribution in [1.29, 1.82) is 0 Å². The van der Waals surface area contributed by atoms with Crippen LogP contribution in [0.4, 0.5) is 0 Å². The zero-order valence-corrected chi connectivity index (χ0v) is 15.4. The van der Waals surface area contributed by atoms with Gasteiger partial charge in [-0.1, -0.05) is 89.9 Å². The molecular weight excluding hydrogens is 272 g/mol. The summed E-state index contributed by atoms with van der Waals surface area (Å²) in [7, 11) is 0. The van der Waals surface area contributed by atoms with Crippen LogP contribution in [0.25, 0.3) is 0 Å². The molecule has 0 rings (SSSR count). The summed E-state index contributed by atoms with van der Waals surface area (Å²) in [5.41, 5.74) is 0. The highest BCUT2D eigenvalue weighted by Crippen LogP contribution is 2.14. The van der Waals surface area contributed by atoms with Crippen LogP contribution >= 0.6 is 0 Å². The average molecular weight is 315 g/mol. The molecule has 2 N–H and O–H groups in total. The van der Waals surface area contributed by atoms with E-state index in [1.165, 1.54) is 89.9 Å². The molecule has 2 unspecified atom stereocenters. The van der Waals surface area contributed by atoms with Gasteiger partial charge < -0.3 is 10.2 Å². The van der Waals surface area contributed by atoms with E-state index in [0.717, 1.165) is 12.8 Å². The molecule has 0 aliphatic rings. The Hall–Kier alpha value is -0.0800. The number of unbranched alkanes of at least 4 members (excludes halogenated alkanes) is 13. The molecule has 0 aliphatic carbocycles. The molecule has 0 saturated heterocycles. The quantitative estimate of drug-likeness (QED) is 0.324. The minimum absolute atomic E-state index is 0.113. The number of hydrogen-bond acceptors (Lipinski definition) is 2. The van der Waals surface area contributed by atoms with Crippen molar-refractivity contribution < 1.29 is 10.2 Å². The van der Waals surface area contributed by atoms with Gasteiger partial charge in [0.05, 0.1) is 12.2 Å². The lowest BCUT2D eigenvalue weighted by molar-refractivity contribution is 0.180. The molecule has 0 fully saturated rings. The molecule has 0 aromatic heterocycles. The summed E-state index contributed by atoms with van der Waals surface area (Å²) in [4.78, 5) is 0. The molecule has 0 amide bonds. The Labute approximate surface area is 139 Å². The molecular formula is C20H42O2. The maximum absolute atomic E-state index is 9.17. The van der Waals surface area contributed by atoms with E-state index in [-0.39, 0.29) is 12.2 Å². The third-order valence-corrected chi connectivity index (χ3v) is 4.49. The normalized spacial score (nSPS) is 14.2. The molecule has 0 radical (unpaired) electrons. The number of hydrogen-bond donors (Lipinski definition) is 2. The summed E-state index contributed by atoms with van der Waals surface area (Å²) in [6, 6.07) is 0. The van der Waals surface area contributed by atoms with E-state index in [0.29, 0.717) is 0 Å². The van der Waals surface area contributed by atoms with Crippen LogP contribution in [0, 0.1) is 0 Å². The Balaban J connectivity index is 2.97. The predicted octanol–water partition coefficient (Wildman–Crippen LogP) is 5.99. The molecule has 22 heavy (non-hydrogen) atoms. The highest BCUT2D eigenvalue weighted by Gasteiger charge is 1.97. The summed E-state index contributed by atoms with van der Waals surface area (Å²) in [5, 5.41) is 18.3. The van der Waals surface area contributed by atoms with Gasteiger partial charge >= 0.3 is 0 Å². The fourth-order valence-electron chi connectivity index (χ4n) is 3.00. The van der Waals surface area contributed by atoms with Crippen LogP contribution in [0.15, 0.2) is 0 Å². The first-order valence-electron chi connectivity index (χ1n) is 9.99. The van der Waals surface area contributed by atoms with E-state index in [9.17, 15) is 0 Å². The Kier molecular flexibility index (Phi) is 17.2. The van der Waals surface area contributed by atoms with Crippen molar-refractivity contribution in [3.63, 3.8) is 0 Å². The Morgan fingerprint density at radius 1 is 0.409 bits per heavy atom. The van der Waals surface area contributed by atoms with E-state index in [4.69, 9.17) is 10.2 Å². The summed E-state index contributed by atoms with van der Waals surface area (Å²) in [6.45, 7) is 3.77. The van der Waals surface area contributed by atoms with Crippen LogP contribution in [0.2, 0.25) is 0 Å². The lowest BCUT2D eigenvalue weighted by atomic mass is 10.0. The van der Waals surface area contributed by atoms with Gasteiger partial charge in [-0.05, 0) is 26.7 Å². The second kappa shape index (κ2) is 17.3. The molecule has 2 nitrogen and oxygen atoms in total. The number of aliphatic hydroxyl groups is 2. The van der Waals surface area contributed by atoms with Crippen molar-refractivity contribution in [2.45, 2.75) is 129 Å². The van der Waals surface area contributed by atoms with E-state index in [1.54, 1.807) is 0 Å². The zero-order chi connectivity index (χ0) is 16.5. The smallest absolute Gasteiger partial charge is 0.0512 e. The van der Waals surface area contributed by atoms with Gasteiger partial charge in [0.2, 0.25) is 0 Å². The Bertz CT molecular complexity index is 180. The Morgan fingerprint density at radius 3 is 0.773 bits per heavy atom. The van der Waals surface area contributed by atoms with Gasteiger partial charge in [0, 0.05) is 0 Å². The molecule has 0 heterocycles. The largest absolute Gasteiger partial charge is 0.393 e. The first kappa shape index (κ1) is 21.9. The zero-order valence-electron chi connectivity index (χ0n) is 15.4. The topological polar surface area (TPSA) is 40.5 Å². The van der Waals surface area contributed by atoms with Crippen LogP contribution in [0.5, 0.6) is 0 Å².